The first-order chi connectivity index (χ1) is 11.5. The Kier molecular flexibility index (Phi) is 4.97. The molecule has 0 saturated heterocycles. The average molecular weight is 389 g/mol. The molecule has 0 bridgehead atoms. The number of carbonyl (C=O) groups is 2. The van der Waals surface area contributed by atoms with Crippen molar-refractivity contribution in [1.82, 2.24) is 4.90 Å². The quantitative estimate of drug-likeness (QED) is 0.799. The van der Waals surface area contributed by atoms with Gasteiger partial charge < -0.3 is 10.1 Å². The van der Waals surface area contributed by atoms with Crippen LogP contribution in [0, 0.1) is 0 Å². The molecule has 1 amide bonds. The van der Waals surface area contributed by atoms with E-state index in [0.717, 1.165) is 10.0 Å². The molecule has 1 aliphatic rings. The zero-order valence-corrected chi connectivity index (χ0v) is 14.8. The SMILES string of the molecule is CN(CC(=O)c1ccc2c(c1)NC(=O)CO2)Cc1ccc(Br)cc1. The third-order valence-electron chi connectivity index (χ3n) is 3.71. The lowest BCUT2D eigenvalue weighted by Crippen LogP contribution is -2.27. The number of ketones is 1. The van der Waals surface area contributed by atoms with E-state index in [1.165, 1.54) is 0 Å². The number of anilines is 1. The highest BCUT2D eigenvalue weighted by Crippen LogP contribution is 2.28. The van der Waals surface area contributed by atoms with Crippen molar-refractivity contribution in [2.24, 2.45) is 0 Å². The number of hydrogen-bond acceptors (Lipinski definition) is 4. The van der Waals surface area contributed by atoms with Gasteiger partial charge in [-0.25, -0.2) is 0 Å². The second-order valence-corrected chi connectivity index (χ2v) is 6.69. The maximum absolute atomic E-state index is 12.5. The van der Waals surface area contributed by atoms with Crippen molar-refractivity contribution in [3.63, 3.8) is 0 Å². The van der Waals surface area contributed by atoms with Gasteiger partial charge in [0.25, 0.3) is 5.91 Å². The van der Waals surface area contributed by atoms with Gasteiger partial charge in [0.15, 0.2) is 12.4 Å². The van der Waals surface area contributed by atoms with Crippen molar-refractivity contribution >= 4 is 33.3 Å². The highest BCUT2D eigenvalue weighted by atomic mass is 79.9. The molecule has 0 atom stereocenters. The molecule has 1 heterocycles. The van der Waals surface area contributed by atoms with Crippen LogP contribution in [-0.2, 0) is 11.3 Å². The highest BCUT2D eigenvalue weighted by molar-refractivity contribution is 9.10. The van der Waals surface area contributed by atoms with Crippen molar-refractivity contribution in [2.75, 3.05) is 25.5 Å². The van der Waals surface area contributed by atoms with Crippen LogP contribution < -0.4 is 10.1 Å². The molecule has 1 aliphatic heterocycles. The fourth-order valence-corrected chi connectivity index (χ4v) is 2.81. The maximum atomic E-state index is 12.5. The molecule has 2 aromatic rings. The number of rotatable bonds is 5. The number of nitrogens with one attached hydrogen (secondary N) is 1. The van der Waals surface area contributed by atoms with E-state index in [-0.39, 0.29) is 18.3 Å². The molecule has 0 fully saturated rings. The van der Waals surface area contributed by atoms with Crippen molar-refractivity contribution in [3.05, 3.63) is 58.1 Å². The van der Waals surface area contributed by atoms with Gasteiger partial charge in [-0.05, 0) is 42.9 Å². The Hall–Kier alpha value is -2.18. The molecular weight excluding hydrogens is 372 g/mol. The van der Waals surface area contributed by atoms with Crippen molar-refractivity contribution in [1.29, 1.82) is 0 Å². The second kappa shape index (κ2) is 7.15. The predicted molar refractivity (Wildman–Crippen MR) is 95.4 cm³/mol. The molecule has 0 saturated carbocycles. The van der Waals surface area contributed by atoms with E-state index >= 15 is 0 Å². The smallest absolute Gasteiger partial charge is 0.262 e. The summed E-state index contributed by atoms with van der Waals surface area (Å²) in [6.45, 7) is 0.990. The van der Waals surface area contributed by atoms with Crippen LogP contribution in [0.25, 0.3) is 0 Å². The topological polar surface area (TPSA) is 58.6 Å². The van der Waals surface area contributed by atoms with Gasteiger partial charge in [-0.1, -0.05) is 28.1 Å². The first-order valence-electron chi connectivity index (χ1n) is 7.54. The summed E-state index contributed by atoms with van der Waals surface area (Å²) in [5, 5.41) is 2.72. The summed E-state index contributed by atoms with van der Waals surface area (Å²) in [6.07, 6.45) is 0. The van der Waals surface area contributed by atoms with Crippen molar-refractivity contribution < 1.29 is 14.3 Å². The van der Waals surface area contributed by atoms with Crippen LogP contribution in [0.15, 0.2) is 46.9 Å². The molecule has 0 aromatic heterocycles. The zero-order valence-electron chi connectivity index (χ0n) is 13.2. The van der Waals surface area contributed by atoms with Crippen molar-refractivity contribution in [2.45, 2.75) is 6.54 Å². The molecule has 0 radical (unpaired) electrons. The largest absolute Gasteiger partial charge is 0.482 e. The summed E-state index contributed by atoms with van der Waals surface area (Å²) in [5.41, 5.74) is 2.24. The Morgan fingerprint density at radius 3 is 2.75 bits per heavy atom. The van der Waals surface area contributed by atoms with Gasteiger partial charge >= 0.3 is 0 Å². The third kappa shape index (κ3) is 4.01. The number of carbonyl (C=O) groups excluding carboxylic acids is 2. The summed E-state index contributed by atoms with van der Waals surface area (Å²) in [5.74, 6) is 0.381. The summed E-state index contributed by atoms with van der Waals surface area (Å²) in [4.78, 5) is 25.8. The van der Waals surface area contributed by atoms with E-state index in [1.807, 2.05) is 36.2 Å². The molecule has 3 rings (SSSR count). The fourth-order valence-electron chi connectivity index (χ4n) is 2.55. The lowest BCUT2D eigenvalue weighted by atomic mass is 10.1. The Balaban J connectivity index is 1.65. The van der Waals surface area contributed by atoms with E-state index in [9.17, 15) is 9.59 Å². The number of Topliss-reactive ketones (excluding diaryl/α,β-unsaturated/α-hetero) is 1. The van der Waals surface area contributed by atoms with E-state index in [0.29, 0.717) is 30.1 Å². The van der Waals surface area contributed by atoms with Crippen LogP contribution in [-0.4, -0.2) is 36.8 Å². The first kappa shape index (κ1) is 16.7. The third-order valence-corrected chi connectivity index (χ3v) is 4.24. The molecule has 6 heteroatoms. The van der Waals surface area contributed by atoms with Gasteiger partial charge in [-0.2, -0.15) is 0 Å². The van der Waals surface area contributed by atoms with E-state index in [2.05, 4.69) is 21.2 Å². The van der Waals surface area contributed by atoms with Gasteiger partial charge in [-0.15, -0.1) is 0 Å². The summed E-state index contributed by atoms with van der Waals surface area (Å²) < 4.78 is 6.33. The van der Waals surface area contributed by atoms with Gasteiger partial charge in [-0.3, -0.25) is 14.5 Å². The Morgan fingerprint density at radius 1 is 1.25 bits per heavy atom. The monoisotopic (exact) mass is 388 g/mol. The standard InChI is InChI=1S/C18H17BrN2O3/c1-21(9-12-2-5-14(19)6-3-12)10-16(22)13-4-7-17-15(8-13)20-18(23)11-24-17/h2-8H,9-11H2,1H3,(H,20,23). The molecule has 5 nitrogen and oxygen atoms in total. The first-order valence-corrected chi connectivity index (χ1v) is 8.33. The van der Waals surface area contributed by atoms with E-state index in [1.54, 1.807) is 18.2 Å². The number of ether oxygens (including phenoxy) is 1. The average Bonchev–Trinajstić information content (AvgIpc) is 2.56. The second-order valence-electron chi connectivity index (χ2n) is 5.77. The lowest BCUT2D eigenvalue weighted by Gasteiger charge is -2.19. The van der Waals surface area contributed by atoms with Gasteiger partial charge in [0.2, 0.25) is 0 Å². The molecule has 2 aromatic carbocycles. The van der Waals surface area contributed by atoms with E-state index in [4.69, 9.17) is 4.74 Å². The van der Waals surface area contributed by atoms with Gasteiger partial charge in [0.05, 0.1) is 12.2 Å². The number of amides is 1. The van der Waals surface area contributed by atoms with Crippen LogP contribution in [0.5, 0.6) is 5.75 Å². The summed E-state index contributed by atoms with van der Waals surface area (Å²) in [7, 11) is 1.91. The minimum absolute atomic E-state index is 0.00256. The molecule has 124 valence electrons. The minimum atomic E-state index is -0.209. The van der Waals surface area contributed by atoms with Crippen LogP contribution in [0.3, 0.4) is 0 Å². The highest BCUT2D eigenvalue weighted by Gasteiger charge is 2.18. The molecule has 0 unspecified atom stereocenters. The lowest BCUT2D eigenvalue weighted by molar-refractivity contribution is -0.118. The number of hydrogen-bond donors (Lipinski definition) is 1. The molecular formula is C18H17BrN2O3. The van der Waals surface area contributed by atoms with Gasteiger partial charge in [0, 0.05) is 16.6 Å². The van der Waals surface area contributed by atoms with Crippen LogP contribution in [0.2, 0.25) is 0 Å². The Bertz CT molecular complexity index is 774. The summed E-state index contributed by atoms with van der Waals surface area (Å²) in [6, 6.07) is 13.1. The molecule has 24 heavy (non-hydrogen) atoms. The fraction of sp³-hybridized carbons (Fsp3) is 0.222. The number of benzene rings is 2. The van der Waals surface area contributed by atoms with Crippen molar-refractivity contribution in [3.8, 4) is 5.75 Å². The summed E-state index contributed by atoms with van der Waals surface area (Å²) >= 11 is 3.41. The van der Waals surface area contributed by atoms with Crippen LogP contribution in [0.1, 0.15) is 15.9 Å². The number of nitrogens with zero attached hydrogens (tertiary/aromatic N) is 1. The maximum Gasteiger partial charge on any atom is 0.262 e. The van der Waals surface area contributed by atoms with E-state index < -0.39 is 0 Å². The predicted octanol–water partition coefficient (Wildman–Crippen LogP) is 3.09. The van der Waals surface area contributed by atoms with Crippen LogP contribution in [0.4, 0.5) is 5.69 Å². The molecule has 1 N–H and O–H groups in total. The Morgan fingerprint density at radius 2 is 2.00 bits per heavy atom. The number of likely N-dealkylation sites (N-methyl/N-ethyl adjacent to an activating group) is 1. The minimum Gasteiger partial charge on any atom is -0.482 e. The molecule has 0 spiro atoms. The zero-order chi connectivity index (χ0) is 17.1. The normalized spacial score (nSPS) is 13.2. The number of halogens is 1. The molecule has 0 aliphatic carbocycles. The number of fused-ring (bicyclic) bond motifs is 1. The van der Waals surface area contributed by atoms with Gasteiger partial charge in [0.1, 0.15) is 5.75 Å². The van der Waals surface area contributed by atoms with Crippen LogP contribution >= 0.6 is 15.9 Å². The Labute approximate surface area is 148 Å².